The van der Waals surface area contributed by atoms with Crippen LogP contribution in [-0.4, -0.2) is 40.2 Å². The van der Waals surface area contributed by atoms with Gasteiger partial charge in [0.2, 0.25) is 0 Å². The molecule has 1 N–H and O–H groups in total. The Hall–Kier alpha value is -2.31. The fourth-order valence-electron chi connectivity index (χ4n) is 3.43. The van der Waals surface area contributed by atoms with Crippen LogP contribution in [0.1, 0.15) is 17.8 Å². The number of fused-ring (bicyclic) bond motifs is 1. The predicted molar refractivity (Wildman–Crippen MR) is 93.7 cm³/mol. The Kier molecular flexibility index (Phi) is 4.72. The summed E-state index contributed by atoms with van der Waals surface area (Å²) in [6.45, 7) is 2.54. The number of aromatic nitrogens is 2. The quantitative estimate of drug-likeness (QED) is 0.748. The van der Waals surface area contributed by atoms with E-state index in [9.17, 15) is 4.39 Å². The van der Waals surface area contributed by atoms with E-state index in [-0.39, 0.29) is 6.04 Å². The highest BCUT2D eigenvalue weighted by Crippen LogP contribution is 2.22. The van der Waals surface area contributed by atoms with Gasteiger partial charge in [-0.3, -0.25) is 4.90 Å². The molecule has 1 aromatic carbocycles. The first-order valence-corrected chi connectivity index (χ1v) is 8.59. The third kappa shape index (κ3) is 3.86. The zero-order valence-corrected chi connectivity index (χ0v) is 13.9. The molecule has 0 radical (unpaired) electrons. The molecule has 25 heavy (non-hydrogen) atoms. The summed E-state index contributed by atoms with van der Waals surface area (Å²) in [5.74, 6) is 0.743. The van der Waals surface area contributed by atoms with Gasteiger partial charge in [-0.1, -0.05) is 6.07 Å². The van der Waals surface area contributed by atoms with E-state index >= 15 is 0 Å². The summed E-state index contributed by atoms with van der Waals surface area (Å²) in [4.78, 5) is 10.6. The molecule has 3 heterocycles. The Balaban J connectivity index is 1.34. The van der Waals surface area contributed by atoms with Gasteiger partial charge in [0.1, 0.15) is 17.6 Å². The fraction of sp³-hybridized carbons (Fsp3) is 0.368. The minimum atomic E-state index is -0.780. The number of hydrogen-bond donors (Lipinski definition) is 1. The molecule has 2 atom stereocenters. The average molecular weight is 340 g/mol. The van der Waals surface area contributed by atoms with E-state index < -0.39 is 6.17 Å². The zero-order chi connectivity index (χ0) is 17.1. The molecule has 0 bridgehead atoms. The highest BCUT2D eigenvalue weighted by atomic mass is 19.1. The maximum atomic E-state index is 13.9. The van der Waals surface area contributed by atoms with Gasteiger partial charge in [0.25, 0.3) is 0 Å². The summed E-state index contributed by atoms with van der Waals surface area (Å²) in [7, 11) is 0. The number of halogens is 1. The van der Waals surface area contributed by atoms with Crippen molar-refractivity contribution in [3.8, 4) is 0 Å². The van der Waals surface area contributed by atoms with Crippen molar-refractivity contribution in [2.45, 2.75) is 31.7 Å². The van der Waals surface area contributed by atoms with Gasteiger partial charge in [0, 0.05) is 43.5 Å². The zero-order valence-electron chi connectivity index (χ0n) is 13.9. The van der Waals surface area contributed by atoms with E-state index in [0.717, 1.165) is 29.9 Å². The molecule has 5 nitrogen and oxygen atoms in total. The lowest BCUT2D eigenvalue weighted by atomic mass is 10.1. The Labute approximate surface area is 145 Å². The number of rotatable bonds is 6. The lowest BCUT2D eigenvalue weighted by Gasteiger charge is -2.23. The molecule has 1 aliphatic rings. The smallest absolute Gasteiger partial charge is 0.142 e. The Morgan fingerprint density at radius 2 is 2.12 bits per heavy atom. The summed E-state index contributed by atoms with van der Waals surface area (Å²) in [5, 5.41) is 4.56. The number of benzene rings is 1. The second-order valence-electron chi connectivity index (χ2n) is 6.50. The number of nitrogens with zero attached hydrogens (tertiary/aromatic N) is 3. The first-order valence-electron chi connectivity index (χ1n) is 8.59. The molecule has 1 aliphatic heterocycles. The number of furan rings is 1. The van der Waals surface area contributed by atoms with Gasteiger partial charge in [-0.15, -0.1) is 0 Å². The van der Waals surface area contributed by atoms with Crippen molar-refractivity contribution in [3.05, 3.63) is 60.4 Å². The normalized spacial score (nSPS) is 21.2. The second kappa shape index (κ2) is 7.29. The van der Waals surface area contributed by atoms with Crippen LogP contribution in [-0.2, 0) is 13.1 Å². The lowest BCUT2D eigenvalue weighted by Crippen LogP contribution is -2.37. The maximum absolute atomic E-state index is 13.9. The Morgan fingerprint density at radius 1 is 1.24 bits per heavy atom. The average Bonchev–Trinajstić information content (AvgIpc) is 3.22. The largest absolute Gasteiger partial charge is 0.464 e. The maximum Gasteiger partial charge on any atom is 0.142 e. The molecule has 1 saturated heterocycles. The summed E-state index contributed by atoms with van der Waals surface area (Å²) >= 11 is 0. The molecule has 0 amide bonds. The van der Waals surface area contributed by atoms with Crippen molar-refractivity contribution >= 4 is 11.0 Å². The summed E-state index contributed by atoms with van der Waals surface area (Å²) in [5.41, 5.74) is 2.09. The molecular formula is C19H21FN4O. The van der Waals surface area contributed by atoms with Crippen LogP contribution in [0.2, 0.25) is 0 Å². The number of nitrogens with one attached hydrogen (secondary N) is 1. The van der Waals surface area contributed by atoms with Crippen LogP contribution >= 0.6 is 0 Å². The van der Waals surface area contributed by atoms with Gasteiger partial charge in [-0.2, -0.15) is 0 Å². The SMILES string of the molecule is F[C@H]1C[C@@H](CNCc2ccc3occc3c2)N(Cc2ncccn2)C1. The van der Waals surface area contributed by atoms with Crippen molar-refractivity contribution in [3.63, 3.8) is 0 Å². The third-order valence-corrected chi connectivity index (χ3v) is 4.67. The van der Waals surface area contributed by atoms with E-state index in [1.54, 1.807) is 24.7 Å². The summed E-state index contributed by atoms with van der Waals surface area (Å²) < 4.78 is 19.3. The minimum absolute atomic E-state index is 0.163. The molecule has 0 saturated carbocycles. The van der Waals surface area contributed by atoms with Crippen molar-refractivity contribution in [2.24, 2.45) is 0 Å². The molecule has 4 rings (SSSR count). The van der Waals surface area contributed by atoms with Crippen LogP contribution in [0.3, 0.4) is 0 Å². The topological polar surface area (TPSA) is 54.2 Å². The summed E-state index contributed by atoms with van der Waals surface area (Å²) in [6, 6.07) is 10.1. The van der Waals surface area contributed by atoms with Crippen molar-refractivity contribution in [1.82, 2.24) is 20.2 Å². The van der Waals surface area contributed by atoms with Crippen molar-refractivity contribution in [1.29, 1.82) is 0 Å². The highest BCUT2D eigenvalue weighted by Gasteiger charge is 2.32. The molecular weight excluding hydrogens is 319 g/mol. The molecule has 1 fully saturated rings. The van der Waals surface area contributed by atoms with Gasteiger partial charge < -0.3 is 9.73 Å². The molecule has 2 aromatic heterocycles. The van der Waals surface area contributed by atoms with Crippen LogP contribution in [0.4, 0.5) is 4.39 Å². The van der Waals surface area contributed by atoms with Crippen LogP contribution in [0, 0.1) is 0 Å². The van der Waals surface area contributed by atoms with E-state index in [4.69, 9.17) is 4.42 Å². The predicted octanol–water partition coefficient (Wildman–Crippen LogP) is 2.93. The van der Waals surface area contributed by atoms with E-state index in [2.05, 4.69) is 32.3 Å². The number of hydrogen-bond acceptors (Lipinski definition) is 5. The van der Waals surface area contributed by atoms with Gasteiger partial charge in [0.05, 0.1) is 12.8 Å². The second-order valence-corrected chi connectivity index (χ2v) is 6.50. The van der Waals surface area contributed by atoms with Crippen molar-refractivity contribution in [2.75, 3.05) is 13.1 Å². The summed E-state index contributed by atoms with van der Waals surface area (Å²) in [6.07, 6.45) is 4.93. The van der Waals surface area contributed by atoms with Gasteiger partial charge in [-0.05, 0) is 36.2 Å². The van der Waals surface area contributed by atoms with Crippen LogP contribution < -0.4 is 5.32 Å². The molecule has 130 valence electrons. The van der Waals surface area contributed by atoms with Crippen molar-refractivity contribution < 1.29 is 8.81 Å². The van der Waals surface area contributed by atoms with Gasteiger partial charge in [0.15, 0.2) is 0 Å². The highest BCUT2D eigenvalue weighted by molar-refractivity contribution is 5.77. The molecule has 3 aromatic rings. The number of likely N-dealkylation sites (tertiary alicyclic amines) is 1. The first kappa shape index (κ1) is 16.2. The Morgan fingerprint density at radius 3 is 3.00 bits per heavy atom. The first-order chi connectivity index (χ1) is 12.3. The standard InChI is InChI=1S/C19H21FN4O/c20-16-9-17(24(12-16)13-19-22-5-1-6-23-19)11-21-10-14-2-3-18-15(8-14)4-7-25-18/h1-8,16-17,21H,9-13H2/t16-,17-/m0/s1. The Bertz CT molecular complexity index is 822. The molecule has 6 heteroatoms. The van der Waals surface area contributed by atoms with Crippen LogP contribution in [0.5, 0.6) is 0 Å². The molecule has 0 spiro atoms. The third-order valence-electron chi connectivity index (χ3n) is 4.67. The fourth-order valence-corrected chi connectivity index (χ4v) is 3.43. The van der Waals surface area contributed by atoms with E-state index in [0.29, 0.717) is 19.5 Å². The van der Waals surface area contributed by atoms with E-state index in [1.807, 2.05) is 12.1 Å². The molecule has 0 unspecified atom stereocenters. The molecule has 0 aliphatic carbocycles. The van der Waals surface area contributed by atoms with Gasteiger partial charge >= 0.3 is 0 Å². The monoisotopic (exact) mass is 340 g/mol. The number of alkyl halides is 1. The van der Waals surface area contributed by atoms with Crippen LogP contribution in [0.15, 0.2) is 53.4 Å². The minimum Gasteiger partial charge on any atom is -0.464 e. The lowest BCUT2D eigenvalue weighted by molar-refractivity contribution is 0.225. The van der Waals surface area contributed by atoms with Crippen LogP contribution in [0.25, 0.3) is 11.0 Å². The van der Waals surface area contributed by atoms with E-state index in [1.165, 1.54) is 5.56 Å². The van der Waals surface area contributed by atoms with Gasteiger partial charge in [-0.25, -0.2) is 14.4 Å².